The monoisotopic (exact) mass is 246 g/mol. The quantitative estimate of drug-likeness (QED) is 0.573. The summed E-state index contributed by atoms with van der Waals surface area (Å²) < 4.78 is 18.1. The minimum absolute atomic E-state index is 0.0166. The number of halogens is 3. The molecule has 0 aliphatic heterocycles. The zero-order valence-electron chi connectivity index (χ0n) is 7.59. The fourth-order valence-corrected chi connectivity index (χ4v) is 1.67. The zero-order valence-corrected chi connectivity index (χ0v) is 9.10. The van der Waals surface area contributed by atoms with E-state index in [4.69, 9.17) is 27.9 Å². The number of hydrogen-bond donors (Lipinski definition) is 0. The predicted octanol–water partition coefficient (Wildman–Crippen LogP) is 3.08. The summed E-state index contributed by atoms with van der Waals surface area (Å²) in [5.74, 6) is -0.425. The molecule has 0 atom stereocenters. The number of aromatic nitrogens is 2. The van der Waals surface area contributed by atoms with Crippen LogP contribution in [0.4, 0.5) is 4.39 Å². The van der Waals surface area contributed by atoms with Gasteiger partial charge in [0.05, 0.1) is 12.6 Å². The van der Waals surface area contributed by atoms with E-state index in [1.165, 1.54) is 19.2 Å². The summed E-state index contributed by atoms with van der Waals surface area (Å²) >= 11 is 11.4. The molecule has 0 amide bonds. The Morgan fingerprint density at radius 3 is 2.67 bits per heavy atom. The number of nitrogens with zero attached hydrogens (tertiary/aromatic N) is 2. The van der Waals surface area contributed by atoms with E-state index < -0.39 is 5.82 Å². The molecular formula is C9H5Cl2FN2O. The highest BCUT2D eigenvalue weighted by molar-refractivity contribution is 6.35. The van der Waals surface area contributed by atoms with Gasteiger partial charge in [-0.15, -0.1) is 0 Å². The second-order valence-corrected chi connectivity index (χ2v) is 3.48. The van der Waals surface area contributed by atoms with Gasteiger partial charge < -0.3 is 4.74 Å². The third kappa shape index (κ3) is 1.82. The smallest absolute Gasteiger partial charge is 0.224 e. The molecule has 15 heavy (non-hydrogen) atoms. The maximum absolute atomic E-state index is 13.3. The zero-order chi connectivity index (χ0) is 11.0. The minimum Gasteiger partial charge on any atom is -0.494 e. The van der Waals surface area contributed by atoms with Crippen LogP contribution in [0.25, 0.3) is 10.9 Å². The summed E-state index contributed by atoms with van der Waals surface area (Å²) in [6.07, 6.45) is 0. The second-order valence-electron chi connectivity index (χ2n) is 2.79. The lowest BCUT2D eigenvalue weighted by Gasteiger charge is -2.04. The van der Waals surface area contributed by atoms with E-state index in [0.717, 1.165) is 0 Å². The number of fused-ring (bicyclic) bond motifs is 1. The van der Waals surface area contributed by atoms with Crippen molar-refractivity contribution in [1.29, 1.82) is 0 Å². The molecule has 1 aromatic heterocycles. The number of hydrogen-bond acceptors (Lipinski definition) is 3. The molecule has 0 saturated heterocycles. The van der Waals surface area contributed by atoms with Crippen LogP contribution in [0, 0.1) is 5.82 Å². The first-order valence-electron chi connectivity index (χ1n) is 3.98. The number of ether oxygens (including phenoxy) is 1. The third-order valence-electron chi connectivity index (χ3n) is 1.90. The summed E-state index contributed by atoms with van der Waals surface area (Å²) in [5.41, 5.74) is 0.346. The van der Waals surface area contributed by atoms with Crippen molar-refractivity contribution in [3.8, 4) is 5.75 Å². The van der Waals surface area contributed by atoms with Gasteiger partial charge in [-0.05, 0) is 17.7 Å². The molecule has 0 fully saturated rings. The Morgan fingerprint density at radius 1 is 1.27 bits per heavy atom. The highest BCUT2D eigenvalue weighted by Gasteiger charge is 2.10. The van der Waals surface area contributed by atoms with Gasteiger partial charge in [-0.1, -0.05) is 11.6 Å². The Bertz CT molecular complexity index is 533. The molecule has 0 bridgehead atoms. The van der Waals surface area contributed by atoms with E-state index >= 15 is 0 Å². The number of rotatable bonds is 1. The molecule has 3 nitrogen and oxygen atoms in total. The van der Waals surface area contributed by atoms with Crippen LogP contribution < -0.4 is 4.74 Å². The summed E-state index contributed by atoms with van der Waals surface area (Å²) in [6.45, 7) is 0. The molecule has 2 rings (SSSR count). The van der Waals surface area contributed by atoms with Gasteiger partial charge in [0.25, 0.3) is 0 Å². The van der Waals surface area contributed by atoms with E-state index in [0.29, 0.717) is 10.9 Å². The molecule has 0 N–H and O–H groups in total. The lowest BCUT2D eigenvalue weighted by Crippen LogP contribution is -1.92. The lowest BCUT2D eigenvalue weighted by atomic mass is 10.2. The van der Waals surface area contributed by atoms with Crippen LogP contribution in [0.15, 0.2) is 12.1 Å². The molecule has 1 heterocycles. The molecule has 0 unspecified atom stereocenters. The molecule has 0 aliphatic rings. The first-order chi connectivity index (χ1) is 7.11. The molecule has 1 aromatic carbocycles. The Morgan fingerprint density at radius 2 is 2.00 bits per heavy atom. The molecule has 6 heteroatoms. The maximum atomic E-state index is 13.3. The third-order valence-corrected chi connectivity index (χ3v) is 2.35. The van der Waals surface area contributed by atoms with E-state index in [1.807, 2.05) is 0 Å². The predicted molar refractivity (Wildman–Crippen MR) is 56.1 cm³/mol. The molecule has 0 spiro atoms. The van der Waals surface area contributed by atoms with Gasteiger partial charge in [0.15, 0.2) is 11.6 Å². The average molecular weight is 247 g/mol. The normalized spacial score (nSPS) is 10.7. The van der Waals surface area contributed by atoms with Crippen LogP contribution in [0.2, 0.25) is 10.4 Å². The van der Waals surface area contributed by atoms with Gasteiger partial charge in [0.1, 0.15) is 5.15 Å². The van der Waals surface area contributed by atoms with Gasteiger partial charge in [-0.2, -0.15) is 0 Å². The lowest BCUT2D eigenvalue weighted by molar-refractivity contribution is 0.387. The molecule has 0 radical (unpaired) electrons. The Balaban J connectivity index is 2.81. The van der Waals surface area contributed by atoms with Gasteiger partial charge in [0, 0.05) is 11.5 Å². The van der Waals surface area contributed by atoms with Gasteiger partial charge in [-0.3, -0.25) is 0 Å². The Labute approximate surface area is 94.8 Å². The standard InChI is InChI=1S/C9H5Cl2FN2O/c1-15-7-2-4-6(3-5(7)12)13-9(11)14-8(4)10/h2-3H,1H3. The van der Waals surface area contributed by atoms with Crippen molar-refractivity contribution in [3.63, 3.8) is 0 Å². The minimum atomic E-state index is -0.518. The fourth-order valence-electron chi connectivity index (χ4n) is 1.22. The van der Waals surface area contributed by atoms with Gasteiger partial charge in [-0.25, -0.2) is 14.4 Å². The highest BCUT2D eigenvalue weighted by atomic mass is 35.5. The van der Waals surface area contributed by atoms with Crippen LogP contribution in [0.1, 0.15) is 0 Å². The van der Waals surface area contributed by atoms with Gasteiger partial charge in [0.2, 0.25) is 5.28 Å². The Kier molecular flexibility index (Phi) is 2.63. The largest absolute Gasteiger partial charge is 0.494 e. The van der Waals surface area contributed by atoms with Crippen molar-refractivity contribution < 1.29 is 9.13 Å². The first-order valence-corrected chi connectivity index (χ1v) is 4.73. The van der Waals surface area contributed by atoms with Crippen LogP contribution in [0.3, 0.4) is 0 Å². The van der Waals surface area contributed by atoms with Crippen LogP contribution in [0.5, 0.6) is 5.75 Å². The van der Waals surface area contributed by atoms with Crippen molar-refractivity contribution in [1.82, 2.24) is 9.97 Å². The van der Waals surface area contributed by atoms with E-state index in [-0.39, 0.29) is 16.2 Å². The molecule has 2 aromatic rings. The summed E-state index contributed by atoms with van der Waals surface area (Å²) in [7, 11) is 1.37. The van der Waals surface area contributed by atoms with Crippen molar-refractivity contribution in [2.45, 2.75) is 0 Å². The fraction of sp³-hybridized carbons (Fsp3) is 0.111. The maximum Gasteiger partial charge on any atom is 0.224 e. The van der Waals surface area contributed by atoms with E-state index in [9.17, 15) is 4.39 Å². The van der Waals surface area contributed by atoms with Crippen LogP contribution in [-0.4, -0.2) is 17.1 Å². The molecule has 0 aliphatic carbocycles. The van der Waals surface area contributed by atoms with Crippen LogP contribution >= 0.6 is 23.2 Å². The van der Waals surface area contributed by atoms with E-state index in [2.05, 4.69) is 9.97 Å². The summed E-state index contributed by atoms with van der Waals surface area (Å²) in [5, 5.41) is 0.652. The summed E-state index contributed by atoms with van der Waals surface area (Å²) in [4.78, 5) is 7.60. The number of methoxy groups -OCH3 is 1. The number of benzene rings is 1. The van der Waals surface area contributed by atoms with Gasteiger partial charge >= 0.3 is 0 Å². The van der Waals surface area contributed by atoms with Crippen molar-refractivity contribution >= 4 is 34.1 Å². The first kappa shape index (κ1) is 10.4. The molecule has 0 saturated carbocycles. The molecule has 78 valence electrons. The van der Waals surface area contributed by atoms with Crippen LogP contribution in [-0.2, 0) is 0 Å². The average Bonchev–Trinajstić information content (AvgIpc) is 2.16. The van der Waals surface area contributed by atoms with E-state index in [1.54, 1.807) is 0 Å². The van der Waals surface area contributed by atoms with Crippen molar-refractivity contribution in [2.24, 2.45) is 0 Å². The molecular weight excluding hydrogens is 242 g/mol. The topological polar surface area (TPSA) is 35.0 Å². The second kappa shape index (κ2) is 3.79. The SMILES string of the molecule is COc1cc2c(Cl)nc(Cl)nc2cc1F. The Hall–Kier alpha value is -1.13. The van der Waals surface area contributed by atoms with Crippen molar-refractivity contribution in [2.75, 3.05) is 7.11 Å². The van der Waals surface area contributed by atoms with Crippen molar-refractivity contribution in [3.05, 3.63) is 28.4 Å². The highest BCUT2D eigenvalue weighted by Crippen LogP contribution is 2.28. The summed E-state index contributed by atoms with van der Waals surface area (Å²) in [6, 6.07) is 2.64.